The molecule has 1 aromatic carbocycles. The van der Waals surface area contributed by atoms with Crippen LogP contribution in [0.4, 0.5) is 5.95 Å². The van der Waals surface area contributed by atoms with Crippen molar-refractivity contribution in [3.63, 3.8) is 0 Å². The summed E-state index contributed by atoms with van der Waals surface area (Å²) in [4.78, 5) is 11.4. The van der Waals surface area contributed by atoms with Gasteiger partial charge in [-0.15, -0.1) is 0 Å². The third kappa shape index (κ3) is 2.80. The van der Waals surface area contributed by atoms with Gasteiger partial charge >= 0.3 is 0 Å². The zero-order chi connectivity index (χ0) is 13.8. The van der Waals surface area contributed by atoms with Crippen molar-refractivity contribution in [2.45, 2.75) is 12.8 Å². The van der Waals surface area contributed by atoms with Gasteiger partial charge in [0.25, 0.3) is 0 Å². The van der Waals surface area contributed by atoms with Crippen LogP contribution in [0.3, 0.4) is 0 Å². The Kier molecular flexibility index (Phi) is 3.92. The molecule has 2 heterocycles. The minimum absolute atomic E-state index is 0.292. The molecule has 1 saturated heterocycles. The number of benzene rings is 1. The number of aromatic nitrogens is 2. The molecule has 4 heteroatoms. The lowest BCUT2D eigenvalue weighted by Gasteiger charge is -2.27. The topological polar surface area (TPSA) is 41.1 Å². The van der Waals surface area contributed by atoms with Crippen LogP contribution < -0.4 is 10.2 Å². The van der Waals surface area contributed by atoms with E-state index in [-0.39, 0.29) is 0 Å². The lowest BCUT2D eigenvalue weighted by molar-refractivity contribution is 0.578. The summed E-state index contributed by atoms with van der Waals surface area (Å²) >= 11 is 0. The maximum Gasteiger partial charge on any atom is 0.225 e. The number of nitrogens with one attached hydrogen (secondary N) is 1. The van der Waals surface area contributed by atoms with Gasteiger partial charge in [0, 0.05) is 38.3 Å². The fourth-order valence-corrected chi connectivity index (χ4v) is 2.53. The van der Waals surface area contributed by atoms with Crippen LogP contribution in [-0.4, -0.2) is 36.1 Å². The van der Waals surface area contributed by atoms with E-state index in [0.717, 1.165) is 37.8 Å². The van der Waals surface area contributed by atoms with Crippen LogP contribution in [0.2, 0.25) is 0 Å². The predicted octanol–water partition coefficient (Wildman–Crippen LogP) is 2.04. The average Bonchev–Trinajstić information content (AvgIpc) is 2.56. The highest BCUT2D eigenvalue weighted by Crippen LogP contribution is 2.23. The first kappa shape index (κ1) is 13.1. The van der Waals surface area contributed by atoms with Crippen molar-refractivity contribution in [1.29, 1.82) is 0 Å². The summed E-state index contributed by atoms with van der Waals surface area (Å²) in [5, 5.41) is 3.35. The smallest absolute Gasteiger partial charge is 0.225 e. The molecule has 0 saturated carbocycles. The van der Waals surface area contributed by atoms with E-state index in [0.29, 0.717) is 5.92 Å². The number of nitrogens with zero attached hydrogens (tertiary/aromatic N) is 3. The van der Waals surface area contributed by atoms with Gasteiger partial charge < -0.3 is 10.2 Å². The first-order chi connectivity index (χ1) is 9.84. The maximum absolute atomic E-state index is 4.76. The van der Waals surface area contributed by atoms with Crippen LogP contribution in [0.25, 0.3) is 0 Å². The second-order valence-electron chi connectivity index (χ2n) is 5.15. The maximum atomic E-state index is 4.76. The van der Waals surface area contributed by atoms with Crippen LogP contribution in [0.5, 0.6) is 0 Å². The normalized spacial score (nSPS) is 16.9. The highest BCUT2D eigenvalue weighted by molar-refractivity contribution is 5.34. The number of anilines is 1. The third-order valence-electron chi connectivity index (χ3n) is 3.81. The van der Waals surface area contributed by atoms with Crippen LogP contribution in [0, 0.1) is 0 Å². The lowest BCUT2D eigenvalue weighted by atomic mass is 9.98. The van der Waals surface area contributed by atoms with E-state index in [9.17, 15) is 0 Å². The fourth-order valence-electron chi connectivity index (χ4n) is 2.53. The van der Waals surface area contributed by atoms with Crippen molar-refractivity contribution in [3.8, 4) is 0 Å². The molecule has 4 nitrogen and oxygen atoms in total. The van der Waals surface area contributed by atoms with Gasteiger partial charge in [0.15, 0.2) is 0 Å². The summed E-state index contributed by atoms with van der Waals surface area (Å²) in [5.74, 6) is 1.15. The van der Waals surface area contributed by atoms with Crippen molar-refractivity contribution in [1.82, 2.24) is 15.3 Å². The highest BCUT2D eigenvalue weighted by atomic mass is 15.3. The van der Waals surface area contributed by atoms with E-state index in [2.05, 4.69) is 46.4 Å². The average molecular weight is 268 g/mol. The fraction of sp³-hybridized carbons (Fsp3) is 0.375. The molecule has 1 N–H and O–H groups in total. The number of hydrogen-bond acceptors (Lipinski definition) is 4. The molecule has 1 atom stereocenters. The number of rotatable bonds is 3. The van der Waals surface area contributed by atoms with E-state index < -0.39 is 0 Å². The van der Waals surface area contributed by atoms with Crippen molar-refractivity contribution in [3.05, 3.63) is 53.9 Å². The summed E-state index contributed by atoms with van der Waals surface area (Å²) in [6.07, 6.45) is 1.87. The monoisotopic (exact) mass is 268 g/mol. The van der Waals surface area contributed by atoms with Crippen molar-refractivity contribution < 1.29 is 0 Å². The van der Waals surface area contributed by atoms with Gasteiger partial charge in [0.2, 0.25) is 5.95 Å². The first-order valence-electron chi connectivity index (χ1n) is 7.18. The molecule has 104 valence electrons. The van der Waals surface area contributed by atoms with E-state index in [1.54, 1.807) is 0 Å². The molecule has 0 amide bonds. The van der Waals surface area contributed by atoms with Gasteiger partial charge in [-0.05, 0) is 11.6 Å². The standard InChI is InChI=1S/C16H20N4/c1-13(14-5-3-2-4-6-14)15-7-8-18-16(19-15)20-11-9-17-10-12-20/h2-8,13,17H,9-12H2,1H3. The molecule has 1 aliphatic rings. The molecule has 0 aliphatic carbocycles. The Morgan fingerprint density at radius 2 is 1.85 bits per heavy atom. The molecule has 1 aliphatic heterocycles. The quantitative estimate of drug-likeness (QED) is 0.925. The first-order valence-corrected chi connectivity index (χ1v) is 7.18. The molecule has 0 spiro atoms. The summed E-state index contributed by atoms with van der Waals surface area (Å²) < 4.78 is 0. The number of piperazine rings is 1. The van der Waals surface area contributed by atoms with Crippen LogP contribution >= 0.6 is 0 Å². The van der Waals surface area contributed by atoms with E-state index in [1.807, 2.05) is 18.3 Å². The Hall–Kier alpha value is -1.94. The molecule has 20 heavy (non-hydrogen) atoms. The van der Waals surface area contributed by atoms with Crippen LogP contribution in [0.15, 0.2) is 42.6 Å². The van der Waals surface area contributed by atoms with Crippen molar-refractivity contribution in [2.24, 2.45) is 0 Å². The molecule has 3 rings (SSSR count). The Bertz CT molecular complexity index is 549. The van der Waals surface area contributed by atoms with Gasteiger partial charge in [0.05, 0.1) is 5.69 Å². The van der Waals surface area contributed by atoms with Gasteiger partial charge in [-0.3, -0.25) is 0 Å². The molecular weight excluding hydrogens is 248 g/mol. The summed E-state index contributed by atoms with van der Waals surface area (Å²) in [7, 11) is 0. The molecule has 1 unspecified atom stereocenters. The minimum Gasteiger partial charge on any atom is -0.338 e. The molecular formula is C16H20N4. The molecule has 1 aromatic heterocycles. The van der Waals surface area contributed by atoms with E-state index in [4.69, 9.17) is 4.98 Å². The van der Waals surface area contributed by atoms with E-state index >= 15 is 0 Å². The summed E-state index contributed by atoms with van der Waals surface area (Å²) in [6.45, 7) is 6.15. The van der Waals surface area contributed by atoms with Crippen molar-refractivity contribution >= 4 is 5.95 Å². The summed E-state index contributed by atoms with van der Waals surface area (Å²) in [5.41, 5.74) is 2.37. The Balaban J connectivity index is 1.83. The lowest BCUT2D eigenvalue weighted by Crippen LogP contribution is -2.44. The predicted molar refractivity (Wildman–Crippen MR) is 81.1 cm³/mol. The Morgan fingerprint density at radius 3 is 2.60 bits per heavy atom. The van der Waals surface area contributed by atoms with Gasteiger partial charge in [-0.25, -0.2) is 9.97 Å². The second-order valence-corrected chi connectivity index (χ2v) is 5.15. The Morgan fingerprint density at radius 1 is 1.10 bits per heavy atom. The van der Waals surface area contributed by atoms with Gasteiger partial charge in [-0.1, -0.05) is 37.3 Å². The van der Waals surface area contributed by atoms with Crippen molar-refractivity contribution in [2.75, 3.05) is 31.1 Å². The number of hydrogen-bond donors (Lipinski definition) is 1. The SMILES string of the molecule is CC(c1ccccc1)c1ccnc(N2CCNCC2)n1. The van der Waals surface area contributed by atoms with Crippen LogP contribution in [-0.2, 0) is 0 Å². The van der Waals surface area contributed by atoms with Gasteiger partial charge in [-0.2, -0.15) is 0 Å². The second kappa shape index (κ2) is 6.01. The minimum atomic E-state index is 0.292. The van der Waals surface area contributed by atoms with Gasteiger partial charge in [0.1, 0.15) is 0 Å². The highest BCUT2D eigenvalue weighted by Gasteiger charge is 2.15. The molecule has 0 radical (unpaired) electrons. The molecule has 2 aromatic rings. The molecule has 1 fully saturated rings. The third-order valence-corrected chi connectivity index (χ3v) is 3.81. The summed E-state index contributed by atoms with van der Waals surface area (Å²) in [6, 6.07) is 12.5. The zero-order valence-electron chi connectivity index (χ0n) is 11.8. The largest absolute Gasteiger partial charge is 0.338 e. The zero-order valence-corrected chi connectivity index (χ0v) is 11.8. The van der Waals surface area contributed by atoms with E-state index in [1.165, 1.54) is 5.56 Å². The Labute approximate surface area is 119 Å². The van der Waals surface area contributed by atoms with Crippen LogP contribution in [0.1, 0.15) is 24.1 Å². The molecule has 0 bridgehead atoms.